The average Bonchev–Trinajstić information content (AvgIpc) is 2.57. The maximum atomic E-state index is 12.3. The standard InChI is InChI=1S/C16H20N2O5S/c1-9-15(20)18(16(21)10(2)24-9)8-14(19)17-12-6-5-11(22-3)7-13(12)23-4/h5-7,9-10H,8H2,1-4H3,(H,17,19)/t9-,10-/m1/s1. The molecule has 2 rings (SSSR count). The molecule has 0 aromatic heterocycles. The fourth-order valence-electron chi connectivity index (χ4n) is 2.36. The number of ether oxygens (including phenoxy) is 2. The van der Waals surface area contributed by atoms with Gasteiger partial charge in [-0.05, 0) is 26.0 Å². The number of nitrogens with one attached hydrogen (secondary N) is 1. The van der Waals surface area contributed by atoms with Crippen molar-refractivity contribution in [2.45, 2.75) is 24.3 Å². The van der Waals surface area contributed by atoms with Crippen LogP contribution in [-0.2, 0) is 14.4 Å². The van der Waals surface area contributed by atoms with Crippen LogP contribution in [0.2, 0.25) is 0 Å². The van der Waals surface area contributed by atoms with Gasteiger partial charge in [0, 0.05) is 6.07 Å². The lowest BCUT2D eigenvalue weighted by molar-refractivity contribution is -0.147. The van der Waals surface area contributed by atoms with Crippen molar-refractivity contribution < 1.29 is 23.9 Å². The minimum absolute atomic E-state index is 0.317. The Morgan fingerprint density at radius 3 is 2.33 bits per heavy atom. The summed E-state index contributed by atoms with van der Waals surface area (Å²) >= 11 is 1.30. The van der Waals surface area contributed by atoms with Crippen LogP contribution in [0.4, 0.5) is 5.69 Å². The van der Waals surface area contributed by atoms with Gasteiger partial charge in [-0.1, -0.05) is 0 Å². The van der Waals surface area contributed by atoms with Gasteiger partial charge in [-0.3, -0.25) is 19.3 Å². The Hall–Kier alpha value is -2.22. The zero-order chi connectivity index (χ0) is 17.9. The molecule has 0 saturated carbocycles. The topological polar surface area (TPSA) is 84.9 Å². The Bertz CT molecular complexity index is 644. The van der Waals surface area contributed by atoms with Crippen molar-refractivity contribution in [2.24, 2.45) is 0 Å². The van der Waals surface area contributed by atoms with Crippen LogP contribution >= 0.6 is 11.8 Å². The van der Waals surface area contributed by atoms with Crippen LogP contribution in [0.25, 0.3) is 0 Å². The molecule has 0 radical (unpaired) electrons. The third-order valence-corrected chi connectivity index (χ3v) is 4.84. The van der Waals surface area contributed by atoms with Gasteiger partial charge in [-0.15, -0.1) is 11.8 Å². The first-order chi connectivity index (χ1) is 11.4. The van der Waals surface area contributed by atoms with Crippen LogP contribution in [0.5, 0.6) is 11.5 Å². The number of carbonyl (C=O) groups is 3. The van der Waals surface area contributed by atoms with Crippen molar-refractivity contribution in [3.8, 4) is 11.5 Å². The number of imide groups is 1. The lowest BCUT2D eigenvalue weighted by Crippen LogP contribution is -2.52. The molecule has 1 fully saturated rings. The summed E-state index contributed by atoms with van der Waals surface area (Å²) in [5.41, 5.74) is 0.440. The second-order valence-corrected chi connectivity index (χ2v) is 6.98. The summed E-state index contributed by atoms with van der Waals surface area (Å²) in [6, 6.07) is 4.94. The van der Waals surface area contributed by atoms with Crippen LogP contribution in [0.3, 0.4) is 0 Å². The average molecular weight is 352 g/mol. The minimum atomic E-state index is -0.466. The summed E-state index contributed by atoms with van der Waals surface area (Å²) in [7, 11) is 3.00. The molecule has 0 spiro atoms. The normalized spacial score (nSPS) is 20.8. The Morgan fingerprint density at radius 1 is 1.17 bits per heavy atom. The fraction of sp³-hybridized carbons (Fsp3) is 0.438. The van der Waals surface area contributed by atoms with Gasteiger partial charge in [0.1, 0.15) is 18.0 Å². The molecule has 2 atom stereocenters. The van der Waals surface area contributed by atoms with Crippen molar-refractivity contribution in [1.82, 2.24) is 4.90 Å². The van der Waals surface area contributed by atoms with E-state index in [9.17, 15) is 14.4 Å². The van der Waals surface area contributed by atoms with E-state index in [1.807, 2.05) is 0 Å². The Morgan fingerprint density at radius 2 is 1.79 bits per heavy atom. The van der Waals surface area contributed by atoms with E-state index in [4.69, 9.17) is 9.47 Å². The summed E-state index contributed by atoms with van der Waals surface area (Å²) in [6.45, 7) is 3.14. The number of benzene rings is 1. The van der Waals surface area contributed by atoms with Crippen molar-refractivity contribution in [1.29, 1.82) is 0 Å². The van der Waals surface area contributed by atoms with Crippen LogP contribution in [-0.4, -0.2) is 53.9 Å². The molecule has 1 saturated heterocycles. The predicted molar refractivity (Wildman–Crippen MR) is 91.4 cm³/mol. The summed E-state index contributed by atoms with van der Waals surface area (Å²) in [5.74, 6) is -0.145. The molecule has 1 aromatic carbocycles. The van der Waals surface area contributed by atoms with E-state index in [2.05, 4.69) is 5.32 Å². The third kappa shape index (κ3) is 3.81. The van der Waals surface area contributed by atoms with E-state index >= 15 is 0 Å². The number of nitrogens with zero attached hydrogens (tertiary/aromatic N) is 1. The monoisotopic (exact) mass is 352 g/mol. The van der Waals surface area contributed by atoms with Crippen molar-refractivity contribution >= 4 is 35.2 Å². The van der Waals surface area contributed by atoms with E-state index in [1.165, 1.54) is 26.0 Å². The second kappa shape index (κ2) is 7.57. The number of hydrogen-bond acceptors (Lipinski definition) is 6. The molecule has 1 N–H and O–H groups in total. The van der Waals surface area contributed by atoms with Gasteiger partial charge < -0.3 is 14.8 Å². The molecule has 0 aliphatic carbocycles. The zero-order valence-corrected chi connectivity index (χ0v) is 14.8. The van der Waals surface area contributed by atoms with Crippen LogP contribution in [0.15, 0.2) is 18.2 Å². The largest absolute Gasteiger partial charge is 0.497 e. The molecule has 24 heavy (non-hydrogen) atoms. The number of anilines is 1. The second-order valence-electron chi connectivity index (χ2n) is 5.30. The summed E-state index contributed by atoms with van der Waals surface area (Å²) in [4.78, 5) is 37.5. The van der Waals surface area contributed by atoms with E-state index in [0.717, 1.165) is 4.90 Å². The first-order valence-electron chi connectivity index (χ1n) is 7.40. The highest BCUT2D eigenvalue weighted by Crippen LogP contribution is 2.30. The van der Waals surface area contributed by atoms with E-state index in [-0.39, 0.29) is 28.9 Å². The summed E-state index contributed by atoms with van der Waals surface area (Å²) in [5, 5.41) is 1.97. The lowest BCUT2D eigenvalue weighted by Gasteiger charge is -2.31. The highest BCUT2D eigenvalue weighted by atomic mass is 32.2. The number of rotatable bonds is 5. The van der Waals surface area contributed by atoms with Crippen molar-refractivity contribution in [3.05, 3.63) is 18.2 Å². The van der Waals surface area contributed by atoms with Crippen molar-refractivity contribution in [3.63, 3.8) is 0 Å². The molecular weight excluding hydrogens is 332 g/mol. The van der Waals surface area contributed by atoms with Gasteiger partial charge >= 0.3 is 0 Å². The minimum Gasteiger partial charge on any atom is -0.497 e. The molecule has 1 aliphatic rings. The van der Waals surface area contributed by atoms with Gasteiger partial charge in [-0.25, -0.2) is 0 Å². The third-order valence-electron chi connectivity index (χ3n) is 3.62. The Labute approximate surface area is 144 Å². The molecule has 1 aromatic rings. The molecule has 1 heterocycles. The van der Waals surface area contributed by atoms with E-state index in [0.29, 0.717) is 17.2 Å². The molecule has 8 heteroatoms. The summed E-state index contributed by atoms with van der Waals surface area (Å²) in [6.07, 6.45) is 0. The van der Waals surface area contributed by atoms with Gasteiger partial charge in [0.25, 0.3) is 0 Å². The maximum absolute atomic E-state index is 12.3. The first-order valence-corrected chi connectivity index (χ1v) is 8.34. The zero-order valence-electron chi connectivity index (χ0n) is 14.0. The molecule has 0 bridgehead atoms. The number of carbonyl (C=O) groups excluding carboxylic acids is 3. The van der Waals surface area contributed by atoms with Gasteiger partial charge in [0.15, 0.2) is 0 Å². The Kier molecular flexibility index (Phi) is 5.71. The number of hydrogen-bond donors (Lipinski definition) is 1. The predicted octanol–water partition coefficient (Wildman–Crippen LogP) is 1.52. The molecule has 7 nitrogen and oxygen atoms in total. The number of amides is 3. The number of thioether (sulfide) groups is 1. The smallest absolute Gasteiger partial charge is 0.244 e. The lowest BCUT2D eigenvalue weighted by atomic mass is 10.2. The molecular formula is C16H20N2O5S. The van der Waals surface area contributed by atoms with Gasteiger partial charge in [-0.2, -0.15) is 0 Å². The number of methoxy groups -OCH3 is 2. The maximum Gasteiger partial charge on any atom is 0.244 e. The highest BCUT2D eigenvalue weighted by molar-refractivity contribution is 8.02. The van der Waals surface area contributed by atoms with Crippen molar-refractivity contribution in [2.75, 3.05) is 26.1 Å². The van der Waals surface area contributed by atoms with E-state index < -0.39 is 5.91 Å². The van der Waals surface area contributed by atoms with Crippen LogP contribution in [0.1, 0.15) is 13.8 Å². The molecule has 1 aliphatic heterocycles. The molecule has 130 valence electrons. The molecule has 3 amide bonds. The first kappa shape index (κ1) is 18.1. The van der Waals surface area contributed by atoms with E-state index in [1.54, 1.807) is 32.0 Å². The van der Waals surface area contributed by atoms with Gasteiger partial charge in [0.05, 0.1) is 30.4 Å². The Balaban J connectivity index is 2.10. The quantitative estimate of drug-likeness (QED) is 0.809. The van der Waals surface area contributed by atoms with Crippen LogP contribution < -0.4 is 14.8 Å². The SMILES string of the molecule is COc1ccc(NC(=O)CN2C(=O)[C@@H](C)S[C@H](C)C2=O)c(OC)c1. The van der Waals surface area contributed by atoms with Crippen LogP contribution in [0, 0.1) is 0 Å². The fourth-order valence-corrected chi connectivity index (χ4v) is 3.46. The summed E-state index contributed by atoms with van der Waals surface area (Å²) < 4.78 is 10.3. The van der Waals surface area contributed by atoms with Gasteiger partial charge in [0.2, 0.25) is 17.7 Å². The highest BCUT2D eigenvalue weighted by Gasteiger charge is 2.38. The molecule has 0 unspecified atom stereocenters.